The van der Waals surface area contributed by atoms with E-state index in [9.17, 15) is 0 Å². The van der Waals surface area contributed by atoms with Crippen LogP contribution in [0.5, 0.6) is 5.75 Å². The molecule has 1 aromatic carbocycles. The molecule has 0 unspecified atom stereocenters. The predicted octanol–water partition coefficient (Wildman–Crippen LogP) is 3.56. The molecule has 0 bridgehead atoms. The van der Waals surface area contributed by atoms with Crippen molar-refractivity contribution in [3.8, 4) is 5.75 Å². The van der Waals surface area contributed by atoms with E-state index in [1.54, 1.807) is 0 Å². The third kappa shape index (κ3) is 1.68. The molecule has 0 amide bonds. The Morgan fingerprint density at radius 2 is 1.81 bits per heavy atom. The van der Waals surface area contributed by atoms with Crippen LogP contribution in [0.15, 0.2) is 42.5 Å². The predicted molar refractivity (Wildman–Crippen MR) is 64.8 cm³/mol. The molecule has 2 heteroatoms. The molecule has 1 aromatic rings. The third-order valence-corrected chi connectivity index (χ3v) is 3.11. The van der Waals surface area contributed by atoms with Crippen molar-refractivity contribution in [3.05, 3.63) is 63.5 Å². The highest BCUT2D eigenvalue weighted by Crippen LogP contribution is 2.23. The summed E-state index contributed by atoms with van der Waals surface area (Å²) < 4.78 is 5.67. The average molecular weight is 231 g/mol. The summed E-state index contributed by atoms with van der Waals surface area (Å²) in [5.41, 5.74) is 1.25. The molecule has 3 rings (SSSR count). The van der Waals surface area contributed by atoms with Crippen molar-refractivity contribution in [1.29, 1.82) is 0 Å². The lowest BCUT2D eigenvalue weighted by molar-refractivity contribution is 0.316. The summed E-state index contributed by atoms with van der Waals surface area (Å²) in [5.74, 6) is 1.03. The molecule has 0 heterocycles. The summed E-state index contributed by atoms with van der Waals surface area (Å²) in [5, 5.41) is 3.37. The maximum atomic E-state index is 5.82. The molecule has 0 aliphatic heterocycles. The second-order valence-electron chi connectivity index (χ2n) is 3.94. The van der Waals surface area contributed by atoms with Gasteiger partial charge in [-0.15, -0.1) is 0 Å². The fourth-order valence-electron chi connectivity index (χ4n) is 1.80. The lowest BCUT2D eigenvalue weighted by Gasteiger charge is -2.12. The van der Waals surface area contributed by atoms with E-state index in [1.807, 2.05) is 24.3 Å². The highest BCUT2D eigenvalue weighted by Gasteiger charge is 2.06. The van der Waals surface area contributed by atoms with Crippen molar-refractivity contribution in [2.75, 3.05) is 6.61 Å². The zero-order valence-electron chi connectivity index (χ0n) is 8.74. The Bertz CT molecular complexity index is 602. The molecule has 0 spiro atoms. The van der Waals surface area contributed by atoms with E-state index in [2.05, 4.69) is 18.2 Å². The molecule has 0 atom stereocenters. The standard InChI is InChI=1S/C14H11ClO/c15-12-4-1-10(2-5-12)7-8-16-14-9-11-3-6-13(11)14/h1-6,9H,7-8H2. The van der Waals surface area contributed by atoms with Gasteiger partial charge in [0.2, 0.25) is 0 Å². The SMILES string of the molecule is Clc1ccc(CCOc2cc3ccc2=3)cc1. The number of halogens is 1. The number of rotatable bonds is 4. The normalized spacial score (nSPS) is 11.3. The molecular weight excluding hydrogens is 220 g/mol. The van der Waals surface area contributed by atoms with Gasteiger partial charge in [0.25, 0.3) is 0 Å². The van der Waals surface area contributed by atoms with Crippen LogP contribution in [0.1, 0.15) is 5.56 Å². The average Bonchev–Trinajstić information content (AvgIpc) is 2.27. The highest BCUT2D eigenvalue weighted by atomic mass is 35.5. The van der Waals surface area contributed by atoms with Gasteiger partial charge >= 0.3 is 0 Å². The van der Waals surface area contributed by atoms with Crippen molar-refractivity contribution in [2.24, 2.45) is 0 Å². The maximum Gasteiger partial charge on any atom is 0.127 e. The smallest absolute Gasteiger partial charge is 0.127 e. The van der Waals surface area contributed by atoms with Crippen molar-refractivity contribution >= 4 is 11.6 Å². The number of ether oxygens (including phenoxy) is 1. The number of hydrogen-bond donors (Lipinski definition) is 0. The maximum absolute atomic E-state index is 5.82. The first-order chi connectivity index (χ1) is 7.83. The van der Waals surface area contributed by atoms with E-state index in [4.69, 9.17) is 16.3 Å². The van der Waals surface area contributed by atoms with Crippen LogP contribution in [-0.2, 0) is 6.42 Å². The zero-order valence-corrected chi connectivity index (χ0v) is 9.50. The number of hydrogen-bond acceptors (Lipinski definition) is 1. The summed E-state index contributed by atoms with van der Waals surface area (Å²) in [7, 11) is 0. The summed E-state index contributed by atoms with van der Waals surface area (Å²) in [4.78, 5) is 0. The highest BCUT2D eigenvalue weighted by molar-refractivity contribution is 6.30. The molecule has 16 heavy (non-hydrogen) atoms. The minimum atomic E-state index is 0.720. The van der Waals surface area contributed by atoms with Crippen LogP contribution in [0.4, 0.5) is 0 Å². The fraction of sp³-hybridized carbons (Fsp3) is 0.143. The van der Waals surface area contributed by atoms with Crippen LogP contribution >= 0.6 is 11.6 Å². The Kier molecular flexibility index (Phi) is 2.33. The summed E-state index contributed by atoms with van der Waals surface area (Å²) >= 11 is 5.82. The molecular formula is C14H11ClO. The fourth-order valence-corrected chi connectivity index (χ4v) is 1.93. The third-order valence-electron chi connectivity index (χ3n) is 2.85. The first kappa shape index (κ1) is 9.73. The van der Waals surface area contributed by atoms with E-state index in [1.165, 1.54) is 16.0 Å². The van der Waals surface area contributed by atoms with Gasteiger partial charge in [0, 0.05) is 16.7 Å². The Balaban J connectivity index is 1.54. The van der Waals surface area contributed by atoms with Crippen LogP contribution in [0.2, 0.25) is 5.02 Å². The molecule has 0 saturated heterocycles. The molecule has 1 nitrogen and oxygen atoms in total. The van der Waals surface area contributed by atoms with Gasteiger partial charge in [-0.3, -0.25) is 0 Å². The lowest BCUT2D eigenvalue weighted by atomic mass is 10.1. The quantitative estimate of drug-likeness (QED) is 0.666. The molecule has 2 aliphatic carbocycles. The first-order valence-corrected chi connectivity index (χ1v) is 5.72. The van der Waals surface area contributed by atoms with Gasteiger partial charge in [-0.05, 0) is 29.0 Å². The number of benzene rings is 2. The van der Waals surface area contributed by atoms with Crippen molar-refractivity contribution < 1.29 is 4.74 Å². The zero-order chi connectivity index (χ0) is 11.0. The van der Waals surface area contributed by atoms with Gasteiger partial charge in [0.15, 0.2) is 0 Å². The molecule has 0 aromatic heterocycles. The van der Waals surface area contributed by atoms with Crippen LogP contribution in [0.25, 0.3) is 0 Å². The Morgan fingerprint density at radius 3 is 2.38 bits per heavy atom. The lowest BCUT2D eigenvalue weighted by Crippen LogP contribution is -2.04. The van der Waals surface area contributed by atoms with E-state index in [-0.39, 0.29) is 0 Å². The van der Waals surface area contributed by atoms with Crippen LogP contribution in [-0.4, -0.2) is 6.61 Å². The van der Waals surface area contributed by atoms with Crippen molar-refractivity contribution in [3.63, 3.8) is 0 Å². The molecule has 2 aliphatic rings. The molecule has 80 valence electrons. The monoisotopic (exact) mass is 230 g/mol. The summed E-state index contributed by atoms with van der Waals surface area (Å²) in [6.07, 6.45) is 0.917. The van der Waals surface area contributed by atoms with Crippen LogP contribution in [0, 0.1) is 10.4 Å². The Labute approximate surface area is 98.9 Å². The second kappa shape index (κ2) is 3.84. The van der Waals surface area contributed by atoms with Gasteiger partial charge in [-0.2, -0.15) is 0 Å². The largest absolute Gasteiger partial charge is 0.493 e. The second-order valence-corrected chi connectivity index (χ2v) is 4.37. The van der Waals surface area contributed by atoms with Crippen LogP contribution in [0.3, 0.4) is 0 Å². The molecule has 0 N–H and O–H groups in total. The molecule has 0 fully saturated rings. The Hall–Kier alpha value is -1.47. The molecule has 0 saturated carbocycles. The van der Waals surface area contributed by atoms with E-state index >= 15 is 0 Å². The summed E-state index contributed by atoms with van der Waals surface area (Å²) in [6, 6.07) is 14.2. The molecule has 0 radical (unpaired) electrons. The van der Waals surface area contributed by atoms with Gasteiger partial charge < -0.3 is 4.74 Å². The van der Waals surface area contributed by atoms with Crippen molar-refractivity contribution in [2.45, 2.75) is 6.42 Å². The van der Waals surface area contributed by atoms with Gasteiger partial charge in [0.1, 0.15) is 5.75 Å². The minimum Gasteiger partial charge on any atom is -0.493 e. The topological polar surface area (TPSA) is 9.23 Å². The van der Waals surface area contributed by atoms with Gasteiger partial charge in [-0.25, -0.2) is 0 Å². The minimum absolute atomic E-state index is 0.720. The summed E-state index contributed by atoms with van der Waals surface area (Å²) in [6.45, 7) is 0.720. The Morgan fingerprint density at radius 1 is 1.00 bits per heavy atom. The van der Waals surface area contributed by atoms with Crippen molar-refractivity contribution in [1.82, 2.24) is 0 Å². The van der Waals surface area contributed by atoms with E-state index in [0.717, 1.165) is 23.8 Å². The van der Waals surface area contributed by atoms with Gasteiger partial charge in [0.05, 0.1) is 6.61 Å². The first-order valence-electron chi connectivity index (χ1n) is 5.34. The van der Waals surface area contributed by atoms with Crippen LogP contribution < -0.4 is 4.74 Å². The van der Waals surface area contributed by atoms with Gasteiger partial charge in [-0.1, -0.05) is 35.9 Å². The van der Waals surface area contributed by atoms with E-state index < -0.39 is 0 Å². The van der Waals surface area contributed by atoms with E-state index in [0.29, 0.717) is 0 Å².